The summed E-state index contributed by atoms with van der Waals surface area (Å²) in [4.78, 5) is 12.1. The molecule has 1 aliphatic heterocycles. The monoisotopic (exact) mass is 335 g/mol. The van der Waals surface area contributed by atoms with Gasteiger partial charge in [-0.05, 0) is 24.1 Å². The van der Waals surface area contributed by atoms with E-state index in [1.807, 2.05) is 13.0 Å². The number of carbonyl (C=O) groups is 1. The number of nitrogens with zero attached hydrogens (tertiary/aromatic N) is 1. The summed E-state index contributed by atoms with van der Waals surface area (Å²) in [6, 6.07) is 5.04. The van der Waals surface area contributed by atoms with Crippen molar-refractivity contribution in [2.24, 2.45) is 0 Å². The Morgan fingerprint density at radius 2 is 2.35 bits per heavy atom. The molecule has 122 valence electrons. The van der Waals surface area contributed by atoms with Crippen molar-refractivity contribution in [3.05, 3.63) is 34.6 Å². The Morgan fingerprint density at radius 3 is 2.91 bits per heavy atom. The lowest BCUT2D eigenvalue weighted by atomic mass is 10.1. The molecule has 0 aromatic heterocycles. The normalized spacial score (nSPS) is 16.3. The average Bonchev–Trinajstić information content (AvgIpc) is 2.55. The number of benzene rings is 1. The van der Waals surface area contributed by atoms with Crippen molar-refractivity contribution < 1.29 is 9.53 Å². The van der Waals surface area contributed by atoms with Gasteiger partial charge in [0, 0.05) is 11.2 Å². The third kappa shape index (κ3) is 4.20. The Hall–Kier alpha value is -2.59. The molecule has 1 aliphatic rings. The van der Waals surface area contributed by atoms with E-state index in [9.17, 15) is 4.79 Å². The van der Waals surface area contributed by atoms with Gasteiger partial charge in [-0.2, -0.15) is 5.26 Å². The highest BCUT2D eigenvalue weighted by Crippen LogP contribution is 2.31. The highest BCUT2D eigenvalue weighted by atomic mass is 35.5. The molecule has 0 saturated heterocycles. The molecule has 0 fully saturated rings. The number of hydrogen-bond donors (Lipinski definition) is 4. The van der Waals surface area contributed by atoms with Gasteiger partial charge in [0.25, 0.3) is 0 Å². The number of aryl methyl sites for hydroxylation is 1. The van der Waals surface area contributed by atoms with Gasteiger partial charge >= 0.3 is 6.03 Å². The maximum absolute atomic E-state index is 12.1. The molecule has 1 atom stereocenters. The summed E-state index contributed by atoms with van der Waals surface area (Å²) in [5.74, 6) is 0.544. The maximum Gasteiger partial charge on any atom is 0.321 e. The van der Waals surface area contributed by atoms with Crippen molar-refractivity contribution in [2.45, 2.75) is 19.5 Å². The first-order valence-electron chi connectivity index (χ1n) is 7.11. The number of anilines is 1. The zero-order valence-corrected chi connectivity index (χ0v) is 13.6. The van der Waals surface area contributed by atoms with Gasteiger partial charge in [-0.15, -0.1) is 0 Å². The molecule has 0 saturated carbocycles. The van der Waals surface area contributed by atoms with Gasteiger partial charge in [-0.3, -0.25) is 0 Å². The molecule has 0 radical (unpaired) electrons. The number of carbonyl (C=O) groups excluding carboxylic acids is 1. The zero-order valence-electron chi connectivity index (χ0n) is 12.9. The number of hydrogen-bond acceptors (Lipinski definition) is 5. The molecule has 23 heavy (non-hydrogen) atoms. The predicted molar refractivity (Wildman–Crippen MR) is 88.2 cm³/mol. The van der Waals surface area contributed by atoms with Gasteiger partial charge in [-0.25, -0.2) is 4.79 Å². The fourth-order valence-corrected chi connectivity index (χ4v) is 2.42. The van der Waals surface area contributed by atoms with Crippen LogP contribution in [0.25, 0.3) is 0 Å². The van der Waals surface area contributed by atoms with E-state index in [0.717, 1.165) is 12.0 Å². The second-order valence-corrected chi connectivity index (χ2v) is 5.27. The lowest BCUT2D eigenvalue weighted by Gasteiger charge is -2.24. The van der Waals surface area contributed by atoms with E-state index in [1.165, 1.54) is 13.3 Å². The first-order chi connectivity index (χ1) is 11.1. The number of methoxy groups -OCH3 is 1. The Kier molecular flexibility index (Phi) is 5.55. The SMILES string of the molecule is CCc1cc(OC)c(NC(=O)NC2CNC(C#N)=CN2)cc1Cl. The van der Waals surface area contributed by atoms with Crippen molar-refractivity contribution in [1.29, 1.82) is 5.26 Å². The Balaban J connectivity index is 2.02. The smallest absolute Gasteiger partial charge is 0.321 e. The zero-order chi connectivity index (χ0) is 16.8. The molecule has 0 spiro atoms. The maximum atomic E-state index is 12.1. The van der Waals surface area contributed by atoms with Crippen LogP contribution in [0.1, 0.15) is 12.5 Å². The fourth-order valence-electron chi connectivity index (χ4n) is 2.12. The van der Waals surface area contributed by atoms with Gasteiger partial charge < -0.3 is 26.0 Å². The van der Waals surface area contributed by atoms with Crippen LogP contribution in [-0.2, 0) is 6.42 Å². The second-order valence-electron chi connectivity index (χ2n) is 4.87. The summed E-state index contributed by atoms with van der Waals surface area (Å²) < 4.78 is 5.29. The molecule has 0 bridgehead atoms. The molecule has 1 unspecified atom stereocenters. The number of urea groups is 1. The number of ether oxygens (including phenoxy) is 1. The van der Waals surface area contributed by atoms with E-state index in [4.69, 9.17) is 21.6 Å². The van der Waals surface area contributed by atoms with E-state index in [1.54, 1.807) is 12.1 Å². The number of allylic oxidation sites excluding steroid dienone is 1. The third-order valence-electron chi connectivity index (χ3n) is 3.35. The molecule has 1 aromatic carbocycles. The lowest BCUT2D eigenvalue weighted by molar-refractivity contribution is 0.246. The quantitative estimate of drug-likeness (QED) is 0.674. The highest BCUT2D eigenvalue weighted by Gasteiger charge is 2.17. The first kappa shape index (κ1) is 16.8. The van der Waals surface area contributed by atoms with Crippen molar-refractivity contribution >= 4 is 23.3 Å². The summed E-state index contributed by atoms with van der Waals surface area (Å²) in [7, 11) is 1.53. The van der Waals surface area contributed by atoms with Gasteiger partial charge in [-0.1, -0.05) is 18.5 Å². The van der Waals surface area contributed by atoms with Crippen LogP contribution in [0.2, 0.25) is 5.02 Å². The van der Waals surface area contributed by atoms with Gasteiger partial charge in [0.1, 0.15) is 23.7 Å². The number of halogens is 1. The van der Waals surface area contributed by atoms with Crippen molar-refractivity contribution in [1.82, 2.24) is 16.0 Å². The van der Waals surface area contributed by atoms with Crippen LogP contribution in [0.5, 0.6) is 5.75 Å². The van der Waals surface area contributed by atoms with E-state index in [0.29, 0.717) is 28.7 Å². The predicted octanol–water partition coefficient (Wildman–Crippen LogP) is 1.92. The third-order valence-corrected chi connectivity index (χ3v) is 3.70. The Bertz CT molecular complexity index is 669. The van der Waals surface area contributed by atoms with E-state index in [2.05, 4.69) is 21.3 Å². The first-order valence-corrected chi connectivity index (χ1v) is 7.49. The summed E-state index contributed by atoms with van der Waals surface area (Å²) in [6.07, 6.45) is 1.96. The molecule has 8 heteroatoms. The van der Waals surface area contributed by atoms with E-state index >= 15 is 0 Å². The molecule has 4 N–H and O–H groups in total. The number of nitrogens with one attached hydrogen (secondary N) is 4. The molecule has 2 rings (SSSR count). The van der Waals surface area contributed by atoms with Crippen LogP contribution in [-0.4, -0.2) is 25.9 Å². The topological polar surface area (TPSA) is 98.2 Å². The van der Waals surface area contributed by atoms with E-state index in [-0.39, 0.29) is 6.17 Å². The minimum Gasteiger partial charge on any atom is -0.495 e. The van der Waals surface area contributed by atoms with Gasteiger partial charge in [0.2, 0.25) is 0 Å². The molecule has 2 amide bonds. The van der Waals surface area contributed by atoms with Crippen molar-refractivity contribution in [2.75, 3.05) is 19.0 Å². The van der Waals surface area contributed by atoms with Crippen molar-refractivity contribution in [3.63, 3.8) is 0 Å². The minimum atomic E-state index is -0.406. The summed E-state index contributed by atoms with van der Waals surface area (Å²) in [5.41, 5.74) is 1.86. The standard InChI is InChI=1S/C15H18ClN5O2/c1-3-9-4-13(23-2)12(5-11(9)16)20-15(22)21-14-8-18-10(6-17)7-19-14/h4-5,7,14,18-19H,3,8H2,1-2H3,(H2,20,21,22). The molecule has 1 aromatic rings. The van der Waals surface area contributed by atoms with E-state index < -0.39 is 6.03 Å². The summed E-state index contributed by atoms with van der Waals surface area (Å²) >= 11 is 6.18. The average molecular weight is 336 g/mol. The van der Waals surface area contributed by atoms with Crippen LogP contribution < -0.4 is 26.0 Å². The van der Waals surface area contributed by atoms with Gasteiger partial charge in [0.15, 0.2) is 0 Å². The Labute approximate surface area is 139 Å². The fraction of sp³-hybridized carbons (Fsp3) is 0.333. The number of amides is 2. The number of rotatable bonds is 4. The molecule has 7 nitrogen and oxygen atoms in total. The highest BCUT2D eigenvalue weighted by molar-refractivity contribution is 6.31. The number of nitriles is 1. The second kappa shape index (κ2) is 7.61. The van der Waals surface area contributed by atoms with Crippen LogP contribution in [0, 0.1) is 11.3 Å². The lowest BCUT2D eigenvalue weighted by Crippen LogP contribution is -2.53. The van der Waals surface area contributed by atoms with Crippen LogP contribution in [0.3, 0.4) is 0 Å². The molecular formula is C15H18ClN5O2. The molecule has 0 aliphatic carbocycles. The minimum absolute atomic E-state index is 0.330. The Morgan fingerprint density at radius 1 is 1.57 bits per heavy atom. The largest absolute Gasteiger partial charge is 0.495 e. The molecule has 1 heterocycles. The summed E-state index contributed by atoms with van der Waals surface area (Å²) in [5, 5.41) is 20.6. The summed E-state index contributed by atoms with van der Waals surface area (Å²) in [6.45, 7) is 2.39. The van der Waals surface area contributed by atoms with Crippen LogP contribution >= 0.6 is 11.6 Å². The van der Waals surface area contributed by atoms with Crippen LogP contribution in [0.4, 0.5) is 10.5 Å². The van der Waals surface area contributed by atoms with Crippen molar-refractivity contribution in [3.8, 4) is 11.8 Å². The van der Waals surface area contributed by atoms with Gasteiger partial charge in [0.05, 0.1) is 19.3 Å². The molecular weight excluding hydrogens is 318 g/mol. The van der Waals surface area contributed by atoms with Crippen LogP contribution in [0.15, 0.2) is 24.0 Å².